The van der Waals surface area contributed by atoms with Crippen LogP contribution in [0.25, 0.3) is 0 Å². The Morgan fingerprint density at radius 3 is 2.64 bits per heavy atom. The van der Waals surface area contributed by atoms with Gasteiger partial charge in [-0.1, -0.05) is 18.2 Å². The van der Waals surface area contributed by atoms with Crippen molar-refractivity contribution in [3.63, 3.8) is 0 Å². The third-order valence-corrected chi connectivity index (χ3v) is 5.74. The lowest BCUT2D eigenvalue weighted by molar-refractivity contribution is -0.127. The molecule has 1 unspecified atom stereocenters. The molecule has 3 amide bonds. The van der Waals surface area contributed by atoms with Crippen molar-refractivity contribution in [1.82, 2.24) is 10.2 Å². The Morgan fingerprint density at radius 2 is 1.93 bits per heavy atom. The number of rotatable bonds is 5. The van der Waals surface area contributed by atoms with Crippen molar-refractivity contribution in [3.05, 3.63) is 62.7 Å². The highest BCUT2D eigenvalue weighted by Gasteiger charge is 2.47. The summed E-state index contributed by atoms with van der Waals surface area (Å²) in [5, 5.41) is 5.52. The number of carbonyl (C=O) groups excluding carboxylic acids is 3. The molecule has 1 aliphatic carbocycles. The van der Waals surface area contributed by atoms with E-state index >= 15 is 0 Å². The average Bonchev–Trinajstić information content (AvgIpc) is 3.46. The van der Waals surface area contributed by atoms with Crippen LogP contribution in [0, 0.1) is 10.5 Å². The average molecular weight is 489 g/mol. The molecule has 7 heteroatoms. The summed E-state index contributed by atoms with van der Waals surface area (Å²) < 4.78 is 1.09. The first-order valence-corrected chi connectivity index (χ1v) is 10.3. The highest BCUT2D eigenvalue weighted by molar-refractivity contribution is 14.1. The zero-order valence-corrected chi connectivity index (χ0v) is 17.5. The molecule has 0 saturated heterocycles. The van der Waals surface area contributed by atoms with Crippen LogP contribution in [-0.4, -0.2) is 35.2 Å². The highest BCUT2D eigenvalue weighted by atomic mass is 127. The lowest BCUT2D eigenvalue weighted by Gasteiger charge is -2.24. The first-order chi connectivity index (χ1) is 13.5. The minimum atomic E-state index is -0.663. The molecule has 2 aromatic rings. The lowest BCUT2D eigenvalue weighted by Crippen LogP contribution is -2.42. The minimum Gasteiger partial charge on any atom is -0.345 e. The Morgan fingerprint density at radius 1 is 1.18 bits per heavy atom. The van der Waals surface area contributed by atoms with Gasteiger partial charge in [0.05, 0.1) is 6.54 Å². The van der Waals surface area contributed by atoms with E-state index < -0.39 is 6.04 Å². The van der Waals surface area contributed by atoms with Crippen molar-refractivity contribution >= 4 is 46.0 Å². The summed E-state index contributed by atoms with van der Waals surface area (Å²) in [7, 11) is 0. The fourth-order valence-electron chi connectivity index (χ4n) is 3.56. The maximum atomic E-state index is 12.9. The molecule has 0 bridgehead atoms. The van der Waals surface area contributed by atoms with Gasteiger partial charge in [0, 0.05) is 20.9 Å². The van der Waals surface area contributed by atoms with Crippen LogP contribution in [0.15, 0.2) is 42.5 Å². The normalized spacial score (nSPS) is 18.0. The molecular formula is C21H20IN3O3. The predicted molar refractivity (Wildman–Crippen MR) is 114 cm³/mol. The summed E-state index contributed by atoms with van der Waals surface area (Å²) in [5.41, 5.74) is 2.97. The number of nitrogens with one attached hydrogen (secondary N) is 2. The second-order valence-electron chi connectivity index (χ2n) is 7.16. The third-order valence-electron chi connectivity index (χ3n) is 5.07. The van der Waals surface area contributed by atoms with Gasteiger partial charge in [-0.15, -0.1) is 0 Å². The van der Waals surface area contributed by atoms with Crippen LogP contribution in [0.1, 0.15) is 40.4 Å². The molecule has 0 spiro atoms. The molecule has 0 aromatic heterocycles. The Balaban J connectivity index is 1.44. The van der Waals surface area contributed by atoms with Gasteiger partial charge < -0.3 is 15.5 Å². The molecule has 2 N–H and O–H groups in total. The molecule has 1 aliphatic heterocycles. The van der Waals surface area contributed by atoms with Crippen LogP contribution in [-0.2, 0) is 9.59 Å². The van der Waals surface area contributed by atoms with E-state index in [1.54, 1.807) is 17.0 Å². The van der Waals surface area contributed by atoms with Gasteiger partial charge in [-0.05, 0) is 77.7 Å². The first kappa shape index (κ1) is 18.9. The Kier molecular flexibility index (Phi) is 5.09. The summed E-state index contributed by atoms with van der Waals surface area (Å²) >= 11 is 2.21. The van der Waals surface area contributed by atoms with Gasteiger partial charge in [0.25, 0.3) is 5.91 Å². The number of amides is 3. The van der Waals surface area contributed by atoms with Crippen LogP contribution < -0.4 is 10.6 Å². The number of carbonyl (C=O) groups is 3. The number of hydrogen-bond donors (Lipinski definition) is 2. The molecule has 1 fully saturated rings. The monoisotopic (exact) mass is 489 g/mol. The Hall–Kier alpha value is -2.42. The molecule has 144 valence electrons. The van der Waals surface area contributed by atoms with Crippen LogP contribution in [0.4, 0.5) is 5.69 Å². The van der Waals surface area contributed by atoms with E-state index in [4.69, 9.17) is 0 Å². The molecule has 28 heavy (non-hydrogen) atoms. The van der Waals surface area contributed by atoms with Gasteiger partial charge in [0.15, 0.2) is 0 Å². The molecule has 1 heterocycles. The zero-order chi connectivity index (χ0) is 19.8. The summed E-state index contributed by atoms with van der Waals surface area (Å²) in [6, 6.07) is 12.4. The van der Waals surface area contributed by atoms with Gasteiger partial charge in [-0.2, -0.15) is 0 Å². The summed E-state index contributed by atoms with van der Waals surface area (Å²) in [4.78, 5) is 39.5. The summed E-state index contributed by atoms with van der Waals surface area (Å²) in [6.07, 6.45) is 1.83. The van der Waals surface area contributed by atoms with Gasteiger partial charge in [0.2, 0.25) is 11.8 Å². The van der Waals surface area contributed by atoms with Gasteiger partial charge in [-0.25, -0.2) is 0 Å². The number of benzene rings is 2. The maximum Gasteiger partial charge on any atom is 0.255 e. The second-order valence-corrected chi connectivity index (χ2v) is 8.40. The lowest BCUT2D eigenvalue weighted by atomic mass is 10.0. The quantitative estimate of drug-likeness (QED) is 0.635. The largest absolute Gasteiger partial charge is 0.345 e. The van der Waals surface area contributed by atoms with E-state index in [2.05, 4.69) is 33.2 Å². The van der Waals surface area contributed by atoms with Crippen molar-refractivity contribution < 1.29 is 14.4 Å². The van der Waals surface area contributed by atoms with Crippen LogP contribution >= 0.6 is 22.6 Å². The van der Waals surface area contributed by atoms with Gasteiger partial charge in [0.1, 0.15) is 6.04 Å². The molecule has 6 nitrogen and oxygen atoms in total. The van der Waals surface area contributed by atoms with Gasteiger partial charge in [-0.3, -0.25) is 14.4 Å². The van der Waals surface area contributed by atoms with Gasteiger partial charge >= 0.3 is 0 Å². The van der Waals surface area contributed by atoms with Crippen molar-refractivity contribution in [1.29, 1.82) is 0 Å². The number of anilines is 1. The van der Waals surface area contributed by atoms with Crippen molar-refractivity contribution in [2.24, 2.45) is 0 Å². The fourth-order valence-corrected chi connectivity index (χ4v) is 4.21. The van der Waals surface area contributed by atoms with Crippen LogP contribution in [0.3, 0.4) is 0 Å². The van der Waals surface area contributed by atoms with Crippen molar-refractivity contribution in [2.75, 3.05) is 11.9 Å². The number of fused-ring (bicyclic) bond motifs is 1. The number of halogens is 1. The molecule has 1 saturated carbocycles. The topological polar surface area (TPSA) is 78.5 Å². The standard InChI is InChI=1S/C21H20IN3O3/c1-12-10-13(22)6-9-17(12)24-18(26)11-23-20(27)19-15-4-2-3-5-16(15)21(28)25(19)14-7-8-14/h2-6,9-10,14,19H,7-8,11H2,1H3,(H,23,27)(H,24,26). The third kappa shape index (κ3) is 3.63. The fraction of sp³-hybridized carbons (Fsp3) is 0.286. The molecule has 1 atom stereocenters. The highest BCUT2D eigenvalue weighted by Crippen LogP contribution is 2.41. The molecule has 2 aliphatic rings. The van der Waals surface area contributed by atoms with E-state index in [9.17, 15) is 14.4 Å². The van der Waals surface area contributed by atoms with Crippen LogP contribution in [0.2, 0.25) is 0 Å². The summed E-state index contributed by atoms with van der Waals surface area (Å²) in [6.45, 7) is 1.78. The minimum absolute atomic E-state index is 0.0998. The zero-order valence-electron chi connectivity index (χ0n) is 15.4. The maximum absolute atomic E-state index is 12.9. The number of aryl methyl sites for hydroxylation is 1. The molecule has 0 radical (unpaired) electrons. The number of nitrogens with zero attached hydrogens (tertiary/aromatic N) is 1. The SMILES string of the molecule is Cc1cc(I)ccc1NC(=O)CNC(=O)C1c2ccccc2C(=O)N1C1CC1. The number of hydrogen-bond acceptors (Lipinski definition) is 3. The van der Waals surface area contributed by atoms with E-state index in [0.29, 0.717) is 11.1 Å². The second kappa shape index (κ2) is 7.54. The van der Waals surface area contributed by atoms with Crippen molar-refractivity contribution in [2.45, 2.75) is 31.8 Å². The molecule has 2 aromatic carbocycles. The Bertz CT molecular complexity index is 971. The van der Waals surface area contributed by atoms with Crippen molar-refractivity contribution in [3.8, 4) is 0 Å². The summed E-state index contributed by atoms with van der Waals surface area (Å²) in [5.74, 6) is -0.717. The predicted octanol–water partition coefficient (Wildman–Crippen LogP) is 3.01. The van der Waals surface area contributed by atoms with E-state index in [1.807, 2.05) is 37.3 Å². The van der Waals surface area contributed by atoms with E-state index in [1.165, 1.54) is 0 Å². The van der Waals surface area contributed by atoms with E-state index in [-0.39, 0.29) is 30.3 Å². The first-order valence-electron chi connectivity index (χ1n) is 9.21. The molecule has 4 rings (SSSR count). The smallest absolute Gasteiger partial charge is 0.255 e. The Labute approximate surface area is 176 Å². The van der Waals surface area contributed by atoms with E-state index in [0.717, 1.165) is 27.7 Å². The molecular weight excluding hydrogens is 469 g/mol. The van der Waals surface area contributed by atoms with Crippen LogP contribution in [0.5, 0.6) is 0 Å².